The van der Waals surface area contributed by atoms with Crippen LogP contribution in [0.1, 0.15) is 53.2 Å². The fourth-order valence-electron chi connectivity index (χ4n) is 5.41. The molecule has 1 fully saturated rings. The molecule has 0 spiro atoms. The van der Waals surface area contributed by atoms with Gasteiger partial charge in [0.05, 0.1) is 6.04 Å². The number of benzene rings is 2. The van der Waals surface area contributed by atoms with Crippen molar-refractivity contribution in [2.45, 2.75) is 44.2 Å². The molecule has 5 rings (SSSR count). The van der Waals surface area contributed by atoms with Gasteiger partial charge >= 0.3 is 6.03 Å². The van der Waals surface area contributed by atoms with Crippen molar-refractivity contribution in [3.05, 3.63) is 88.7 Å². The van der Waals surface area contributed by atoms with Crippen LogP contribution >= 0.6 is 11.6 Å². The van der Waals surface area contributed by atoms with E-state index in [0.29, 0.717) is 16.3 Å². The van der Waals surface area contributed by atoms with Crippen LogP contribution in [0.3, 0.4) is 0 Å². The number of nitrogens with one attached hydrogen (secondary N) is 2. The second-order valence-corrected chi connectivity index (χ2v) is 10.2. The Labute approximate surface area is 222 Å². The molecule has 2 aliphatic rings. The van der Waals surface area contributed by atoms with Crippen LogP contribution < -0.4 is 15.5 Å². The fourth-order valence-corrected chi connectivity index (χ4v) is 5.60. The molecule has 3 amide bonds. The van der Waals surface area contributed by atoms with Gasteiger partial charge in [-0.3, -0.25) is 9.78 Å². The Kier molecular flexibility index (Phi) is 7.60. The van der Waals surface area contributed by atoms with Gasteiger partial charge in [-0.05, 0) is 85.7 Å². The van der Waals surface area contributed by atoms with E-state index < -0.39 is 0 Å². The van der Waals surface area contributed by atoms with Crippen molar-refractivity contribution in [2.24, 2.45) is 0 Å². The van der Waals surface area contributed by atoms with Crippen molar-refractivity contribution in [1.29, 1.82) is 0 Å². The van der Waals surface area contributed by atoms with E-state index in [0.717, 1.165) is 50.8 Å². The van der Waals surface area contributed by atoms with Crippen LogP contribution in [-0.2, 0) is 6.42 Å². The Hall–Kier alpha value is -3.58. The van der Waals surface area contributed by atoms with E-state index in [1.807, 2.05) is 54.7 Å². The number of nitrogens with zero attached hydrogens (tertiary/aromatic N) is 3. The third-order valence-electron chi connectivity index (χ3n) is 7.46. The highest BCUT2D eigenvalue weighted by Crippen LogP contribution is 2.31. The summed E-state index contributed by atoms with van der Waals surface area (Å²) in [6.45, 7) is 1.81. The van der Waals surface area contributed by atoms with Gasteiger partial charge < -0.3 is 20.4 Å². The van der Waals surface area contributed by atoms with Gasteiger partial charge in [-0.1, -0.05) is 23.7 Å². The molecule has 2 heterocycles. The summed E-state index contributed by atoms with van der Waals surface area (Å²) in [6, 6.07) is 16.8. The van der Waals surface area contributed by atoms with E-state index in [2.05, 4.69) is 20.5 Å². The molecule has 1 atom stereocenters. The van der Waals surface area contributed by atoms with Crippen molar-refractivity contribution >= 4 is 34.9 Å². The smallest absolute Gasteiger partial charge is 0.319 e. The molecule has 7 nitrogen and oxygen atoms in total. The minimum Gasteiger partial charge on any atom is -0.371 e. The van der Waals surface area contributed by atoms with Gasteiger partial charge in [0, 0.05) is 60.5 Å². The zero-order chi connectivity index (χ0) is 25.8. The topological polar surface area (TPSA) is 77.6 Å². The summed E-state index contributed by atoms with van der Waals surface area (Å²) in [4.78, 5) is 34.5. The quantitative estimate of drug-likeness (QED) is 0.457. The Morgan fingerprint density at radius 2 is 1.81 bits per heavy atom. The average Bonchev–Trinajstić information content (AvgIpc) is 2.93. The maximum atomic E-state index is 13.5. The first-order valence-corrected chi connectivity index (χ1v) is 13.2. The molecule has 1 aliphatic carbocycles. The molecule has 3 aromatic rings. The standard InChI is InChI=1S/C29H32ClN5O2/c1-34(24-12-16-35(17-13-24)25-10-14-31-15-11-25)28(36)21-9-8-20-4-2-7-27(26(20)18-21)33-29(37)32-23-6-3-5-22(30)19-23/h3,5-6,8-11,14-15,18-19,24,27H,2,4,7,12-13,16-17H2,1H3,(H2,32,33,37). The zero-order valence-electron chi connectivity index (χ0n) is 21.0. The monoisotopic (exact) mass is 517 g/mol. The van der Waals surface area contributed by atoms with Gasteiger partial charge in [0.25, 0.3) is 5.91 Å². The molecule has 1 saturated heterocycles. The van der Waals surface area contributed by atoms with E-state index in [1.54, 1.807) is 24.3 Å². The number of carbonyl (C=O) groups excluding carboxylic acids is 2. The molecule has 1 aromatic heterocycles. The van der Waals surface area contributed by atoms with Crippen molar-refractivity contribution < 1.29 is 9.59 Å². The molecule has 0 radical (unpaired) electrons. The first-order chi connectivity index (χ1) is 18.0. The summed E-state index contributed by atoms with van der Waals surface area (Å²) in [5, 5.41) is 6.52. The first-order valence-electron chi connectivity index (χ1n) is 12.9. The zero-order valence-corrected chi connectivity index (χ0v) is 21.7. The number of amides is 3. The van der Waals surface area contributed by atoms with Crippen LogP contribution in [0.25, 0.3) is 0 Å². The predicted octanol–water partition coefficient (Wildman–Crippen LogP) is 5.68. The maximum Gasteiger partial charge on any atom is 0.319 e. The number of piperidine rings is 1. The predicted molar refractivity (Wildman–Crippen MR) is 147 cm³/mol. The normalized spacial score (nSPS) is 17.6. The number of aromatic nitrogens is 1. The van der Waals surface area contributed by atoms with Gasteiger partial charge in [0.2, 0.25) is 0 Å². The average molecular weight is 518 g/mol. The number of fused-ring (bicyclic) bond motifs is 1. The minimum atomic E-state index is -0.282. The Balaban J connectivity index is 1.24. The molecule has 37 heavy (non-hydrogen) atoms. The molecule has 1 aliphatic heterocycles. The molecule has 8 heteroatoms. The number of hydrogen-bond donors (Lipinski definition) is 2. The van der Waals surface area contributed by atoms with Gasteiger partial charge in [-0.15, -0.1) is 0 Å². The van der Waals surface area contributed by atoms with E-state index in [9.17, 15) is 9.59 Å². The van der Waals surface area contributed by atoms with Gasteiger partial charge in [0.15, 0.2) is 0 Å². The number of aryl methyl sites for hydroxylation is 1. The van der Waals surface area contributed by atoms with Crippen molar-refractivity contribution in [1.82, 2.24) is 15.2 Å². The van der Waals surface area contributed by atoms with Crippen molar-refractivity contribution in [3.63, 3.8) is 0 Å². The number of anilines is 2. The Morgan fingerprint density at radius 3 is 2.57 bits per heavy atom. The van der Waals surface area contributed by atoms with Gasteiger partial charge in [-0.25, -0.2) is 4.79 Å². The number of rotatable bonds is 5. The lowest BCUT2D eigenvalue weighted by Crippen LogP contribution is -2.45. The number of halogens is 1. The molecular weight excluding hydrogens is 486 g/mol. The molecule has 0 bridgehead atoms. The van der Waals surface area contributed by atoms with Crippen molar-refractivity contribution in [3.8, 4) is 0 Å². The van der Waals surface area contributed by atoms with E-state index in [1.165, 1.54) is 11.3 Å². The fraction of sp³-hybridized carbons (Fsp3) is 0.345. The lowest BCUT2D eigenvalue weighted by Gasteiger charge is -2.38. The van der Waals surface area contributed by atoms with E-state index in [4.69, 9.17) is 11.6 Å². The van der Waals surface area contributed by atoms with Crippen LogP contribution in [0.15, 0.2) is 67.0 Å². The SMILES string of the molecule is CN(C(=O)c1ccc2c(c1)C(NC(=O)Nc1cccc(Cl)c1)CCC2)C1CCN(c2ccncc2)CC1. The van der Waals surface area contributed by atoms with Gasteiger partial charge in [-0.2, -0.15) is 0 Å². The third-order valence-corrected chi connectivity index (χ3v) is 7.69. The molecule has 1 unspecified atom stereocenters. The van der Waals surface area contributed by atoms with Crippen LogP contribution in [-0.4, -0.2) is 48.0 Å². The van der Waals surface area contributed by atoms with Crippen molar-refractivity contribution in [2.75, 3.05) is 30.4 Å². The van der Waals surface area contributed by atoms with Crippen LogP contribution in [0, 0.1) is 0 Å². The first kappa shape index (κ1) is 25.1. The van der Waals surface area contributed by atoms with Gasteiger partial charge in [0.1, 0.15) is 0 Å². The van der Waals surface area contributed by atoms with E-state index in [-0.39, 0.29) is 24.0 Å². The maximum absolute atomic E-state index is 13.5. The molecule has 2 N–H and O–H groups in total. The second-order valence-electron chi connectivity index (χ2n) is 9.81. The Bertz CT molecular complexity index is 1260. The highest BCUT2D eigenvalue weighted by molar-refractivity contribution is 6.30. The molecule has 2 aromatic carbocycles. The highest BCUT2D eigenvalue weighted by Gasteiger charge is 2.28. The summed E-state index contributed by atoms with van der Waals surface area (Å²) < 4.78 is 0. The molecule has 192 valence electrons. The largest absolute Gasteiger partial charge is 0.371 e. The number of pyridine rings is 1. The third kappa shape index (κ3) is 5.88. The van der Waals surface area contributed by atoms with Crippen LogP contribution in [0.2, 0.25) is 5.02 Å². The number of carbonyl (C=O) groups is 2. The minimum absolute atomic E-state index is 0.0258. The second kappa shape index (κ2) is 11.2. The lowest BCUT2D eigenvalue weighted by atomic mass is 9.86. The summed E-state index contributed by atoms with van der Waals surface area (Å²) in [6.07, 6.45) is 8.23. The molecule has 0 saturated carbocycles. The number of urea groups is 1. The lowest BCUT2D eigenvalue weighted by molar-refractivity contribution is 0.0709. The summed E-state index contributed by atoms with van der Waals surface area (Å²) in [7, 11) is 1.91. The Morgan fingerprint density at radius 1 is 1.03 bits per heavy atom. The summed E-state index contributed by atoms with van der Waals surface area (Å²) >= 11 is 6.04. The summed E-state index contributed by atoms with van der Waals surface area (Å²) in [5.41, 5.74) is 4.70. The molecular formula is C29H32ClN5O2. The van der Waals surface area contributed by atoms with Crippen LogP contribution in [0.5, 0.6) is 0 Å². The number of hydrogen-bond acceptors (Lipinski definition) is 4. The summed E-state index contributed by atoms with van der Waals surface area (Å²) in [5.74, 6) is 0.0258. The van der Waals surface area contributed by atoms with Crippen LogP contribution in [0.4, 0.5) is 16.2 Å². The highest BCUT2D eigenvalue weighted by atomic mass is 35.5. The van der Waals surface area contributed by atoms with E-state index >= 15 is 0 Å².